The standard InChI is InChI=1S/C44H54N6O2/c1-48-24-20-36(34-48)17-9-5-3-4-7-15-27-51-39-29-37(30-40(33-39)52-28-16-8-6-14-23-50-26-25-49(2)35-50)38-31-43(41-18-10-12-21-45-41)47-44(32-38)42-19-11-13-22-46-42/h10-13,18-22,24-26,29-36H,3-9,14-17,23,27-28H2,1-2H3/q+2. The molecule has 0 spiro atoms. The van der Waals surface area contributed by atoms with Crippen LogP contribution in [0.3, 0.4) is 0 Å². The van der Waals surface area contributed by atoms with Gasteiger partial charge < -0.3 is 9.47 Å². The predicted octanol–water partition coefficient (Wildman–Crippen LogP) is 9.10. The summed E-state index contributed by atoms with van der Waals surface area (Å²) >= 11 is 0. The quantitative estimate of drug-likeness (QED) is 0.0565. The van der Waals surface area contributed by atoms with Crippen molar-refractivity contribution in [3.8, 4) is 45.4 Å². The molecule has 0 N–H and O–H groups in total. The molecular weight excluding hydrogens is 645 g/mol. The Balaban J connectivity index is 1.09. The number of allylic oxidation sites excluding steroid dienone is 1. The van der Waals surface area contributed by atoms with Gasteiger partial charge in [-0.1, -0.05) is 44.2 Å². The third-order valence-electron chi connectivity index (χ3n) is 9.49. The molecule has 1 aliphatic rings. The maximum Gasteiger partial charge on any atom is 0.243 e. The summed E-state index contributed by atoms with van der Waals surface area (Å²) in [7, 11) is 4.17. The van der Waals surface area contributed by atoms with Gasteiger partial charge in [0.1, 0.15) is 30.9 Å². The van der Waals surface area contributed by atoms with Crippen LogP contribution in [0.4, 0.5) is 0 Å². The zero-order valence-electron chi connectivity index (χ0n) is 30.9. The average molecular weight is 699 g/mol. The number of rotatable bonds is 21. The van der Waals surface area contributed by atoms with Crippen LogP contribution in [0.15, 0.2) is 110 Å². The Morgan fingerprint density at radius 2 is 1.25 bits per heavy atom. The molecule has 1 atom stereocenters. The average Bonchev–Trinajstić information content (AvgIpc) is 3.80. The first-order chi connectivity index (χ1) is 25.6. The van der Waals surface area contributed by atoms with E-state index < -0.39 is 0 Å². The van der Waals surface area contributed by atoms with Crippen molar-refractivity contribution in [1.82, 2.24) is 19.5 Å². The van der Waals surface area contributed by atoms with Crippen molar-refractivity contribution in [2.24, 2.45) is 13.0 Å². The molecule has 6 rings (SSSR count). The van der Waals surface area contributed by atoms with E-state index in [1.54, 1.807) is 12.4 Å². The van der Waals surface area contributed by atoms with E-state index in [1.165, 1.54) is 44.9 Å². The highest BCUT2D eigenvalue weighted by atomic mass is 16.5. The van der Waals surface area contributed by atoms with E-state index in [0.29, 0.717) is 19.1 Å². The van der Waals surface area contributed by atoms with Gasteiger partial charge in [-0.3, -0.25) is 9.97 Å². The molecule has 0 amide bonds. The second-order valence-corrected chi connectivity index (χ2v) is 13.9. The van der Waals surface area contributed by atoms with Crippen LogP contribution in [-0.4, -0.2) is 50.6 Å². The normalized spacial score (nSPS) is 13.7. The zero-order chi connectivity index (χ0) is 35.8. The summed E-state index contributed by atoms with van der Waals surface area (Å²) in [6.07, 6.45) is 29.8. The number of nitrogens with zero attached hydrogens (tertiary/aromatic N) is 6. The molecule has 0 radical (unpaired) electrons. The van der Waals surface area contributed by atoms with Crippen LogP contribution < -0.4 is 14.0 Å². The molecule has 1 aliphatic heterocycles. The Morgan fingerprint density at radius 3 is 1.81 bits per heavy atom. The minimum absolute atomic E-state index is 0.613. The van der Waals surface area contributed by atoms with Crippen molar-refractivity contribution < 1.29 is 18.6 Å². The number of ether oxygens (including phenoxy) is 2. The molecule has 8 heteroatoms. The summed E-state index contributed by atoms with van der Waals surface area (Å²) in [5.74, 6) is 2.26. The third-order valence-corrected chi connectivity index (χ3v) is 9.49. The number of aromatic nitrogens is 5. The molecule has 270 valence electrons. The van der Waals surface area contributed by atoms with Crippen LogP contribution >= 0.6 is 0 Å². The maximum absolute atomic E-state index is 6.41. The van der Waals surface area contributed by atoms with E-state index in [4.69, 9.17) is 14.5 Å². The second kappa shape index (κ2) is 19.5. The van der Waals surface area contributed by atoms with Crippen molar-refractivity contribution in [3.05, 3.63) is 110 Å². The Bertz CT molecular complexity index is 1830. The fraction of sp³-hybridized carbons (Fsp3) is 0.386. The summed E-state index contributed by atoms with van der Waals surface area (Å²) in [6, 6.07) is 22.3. The van der Waals surface area contributed by atoms with E-state index in [1.807, 2.05) is 42.5 Å². The van der Waals surface area contributed by atoms with Crippen LogP contribution in [0.1, 0.15) is 70.6 Å². The molecule has 1 aromatic carbocycles. The largest absolute Gasteiger partial charge is 0.493 e. The van der Waals surface area contributed by atoms with Crippen molar-refractivity contribution in [1.29, 1.82) is 0 Å². The van der Waals surface area contributed by atoms with Crippen LogP contribution in [0.25, 0.3) is 33.9 Å². The summed E-state index contributed by atoms with van der Waals surface area (Å²) in [4.78, 5) is 14.2. The topological polar surface area (TPSA) is 69.0 Å². The van der Waals surface area contributed by atoms with Crippen LogP contribution in [0.2, 0.25) is 0 Å². The fourth-order valence-corrected chi connectivity index (χ4v) is 6.66. The number of hydrogen-bond acceptors (Lipinski definition) is 5. The number of hydrogen-bond donors (Lipinski definition) is 0. The fourth-order valence-electron chi connectivity index (χ4n) is 6.66. The van der Waals surface area contributed by atoms with Gasteiger partial charge in [0.2, 0.25) is 6.33 Å². The minimum atomic E-state index is 0.613. The smallest absolute Gasteiger partial charge is 0.243 e. The van der Waals surface area contributed by atoms with E-state index in [-0.39, 0.29) is 0 Å². The SMILES string of the molecule is C[N+]1=CC(CCCCCCCCOc2cc(OCCCCCCn3cc[n+](C)c3)cc(-c3cc(-c4ccccn4)nc(-c4ccccn4)c3)c2)C=C1. The molecule has 4 aromatic heterocycles. The van der Waals surface area contributed by atoms with Gasteiger partial charge in [0.05, 0.1) is 55.5 Å². The lowest BCUT2D eigenvalue weighted by molar-refractivity contribution is -0.671. The molecule has 0 saturated carbocycles. The van der Waals surface area contributed by atoms with E-state index in [2.05, 4.69) is 99.3 Å². The first-order valence-electron chi connectivity index (χ1n) is 19.1. The molecule has 0 aliphatic carbocycles. The van der Waals surface area contributed by atoms with Gasteiger partial charge in [0.15, 0.2) is 12.4 Å². The van der Waals surface area contributed by atoms with Gasteiger partial charge in [-0.2, -0.15) is 0 Å². The summed E-state index contributed by atoms with van der Waals surface area (Å²) in [6.45, 7) is 2.40. The number of aryl methyl sites for hydroxylation is 2. The minimum Gasteiger partial charge on any atom is -0.493 e. The third kappa shape index (κ3) is 11.5. The highest BCUT2D eigenvalue weighted by molar-refractivity contribution is 5.76. The van der Waals surface area contributed by atoms with Crippen molar-refractivity contribution in [2.75, 3.05) is 20.3 Å². The second-order valence-electron chi connectivity index (χ2n) is 13.9. The molecule has 1 unspecified atom stereocenters. The van der Waals surface area contributed by atoms with Crippen LogP contribution in [0.5, 0.6) is 11.5 Å². The number of unbranched alkanes of at least 4 members (excludes halogenated alkanes) is 8. The molecule has 0 fully saturated rings. The van der Waals surface area contributed by atoms with Crippen molar-refractivity contribution >= 4 is 6.21 Å². The van der Waals surface area contributed by atoms with Crippen molar-refractivity contribution in [3.63, 3.8) is 0 Å². The van der Waals surface area contributed by atoms with Gasteiger partial charge in [-0.15, -0.1) is 0 Å². The first-order valence-corrected chi connectivity index (χ1v) is 19.1. The Hall–Kier alpha value is -5.11. The number of benzene rings is 1. The van der Waals surface area contributed by atoms with Gasteiger partial charge in [0, 0.05) is 18.5 Å². The van der Waals surface area contributed by atoms with Gasteiger partial charge in [-0.25, -0.2) is 18.7 Å². The molecule has 5 aromatic rings. The lowest BCUT2D eigenvalue weighted by Gasteiger charge is -2.14. The maximum atomic E-state index is 6.41. The Kier molecular flexibility index (Phi) is 13.7. The molecule has 0 saturated heterocycles. The van der Waals surface area contributed by atoms with E-state index >= 15 is 0 Å². The first kappa shape index (κ1) is 36.7. The monoisotopic (exact) mass is 698 g/mol. The van der Waals surface area contributed by atoms with Gasteiger partial charge in [-0.05, 0) is 104 Å². The van der Waals surface area contributed by atoms with Gasteiger partial charge in [0.25, 0.3) is 0 Å². The number of imidazole rings is 1. The molecular formula is C44H54N6O2+2. The van der Waals surface area contributed by atoms with E-state index in [9.17, 15) is 0 Å². The van der Waals surface area contributed by atoms with Crippen LogP contribution in [0, 0.1) is 5.92 Å². The summed E-state index contributed by atoms with van der Waals surface area (Å²) in [5.41, 5.74) is 5.26. The Labute approximate surface area is 309 Å². The van der Waals surface area contributed by atoms with Crippen LogP contribution in [-0.2, 0) is 13.6 Å². The Morgan fingerprint density at radius 1 is 0.654 bits per heavy atom. The molecule has 52 heavy (non-hydrogen) atoms. The lowest BCUT2D eigenvalue weighted by Crippen LogP contribution is -2.23. The van der Waals surface area contributed by atoms with Gasteiger partial charge >= 0.3 is 0 Å². The highest BCUT2D eigenvalue weighted by Crippen LogP contribution is 2.34. The summed E-state index contributed by atoms with van der Waals surface area (Å²) < 4.78 is 19.3. The van der Waals surface area contributed by atoms with Crippen molar-refractivity contribution in [2.45, 2.75) is 77.2 Å². The van der Waals surface area contributed by atoms with E-state index in [0.717, 1.165) is 77.6 Å². The molecule has 5 heterocycles. The lowest BCUT2D eigenvalue weighted by atomic mass is 10.0. The number of pyridine rings is 3. The molecule has 0 bridgehead atoms. The molecule has 8 nitrogen and oxygen atoms in total. The highest BCUT2D eigenvalue weighted by Gasteiger charge is 2.14. The summed E-state index contributed by atoms with van der Waals surface area (Å²) in [5, 5.41) is 0. The zero-order valence-corrected chi connectivity index (χ0v) is 30.9. The predicted molar refractivity (Wildman–Crippen MR) is 208 cm³/mol.